The molecular formula is C14H15N3O3. The molecule has 6 heteroatoms. The molecule has 1 aromatic heterocycles. The summed E-state index contributed by atoms with van der Waals surface area (Å²) in [6.07, 6.45) is 1.14. The molecule has 1 amide bonds. The standard InChI is InChI=1S/C14H15N3O3/c1-9(10-6-4-3-5-7-10)16-12(18)11-8-15-14(20)17(2)13(11)19/h3-9H,1-2H3,(H,15,20)(H,16,18)/t9-/m1/s1. The lowest BCUT2D eigenvalue weighted by Crippen LogP contribution is -2.39. The van der Waals surface area contributed by atoms with Gasteiger partial charge in [-0.3, -0.25) is 14.2 Å². The third-order valence-corrected chi connectivity index (χ3v) is 3.07. The lowest BCUT2D eigenvalue weighted by Gasteiger charge is -2.14. The number of nitrogens with one attached hydrogen (secondary N) is 2. The van der Waals surface area contributed by atoms with Crippen molar-refractivity contribution in [2.75, 3.05) is 0 Å². The van der Waals surface area contributed by atoms with Crippen molar-refractivity contribution in [1.29, 1.82) is 0 Å². The van der Waals surface area contributed by atoms with Gasteiger partial charge in [-0.05, 0) is 12.5 Å². The number of amides is 1. The highest BCUT2D eigenvalue weighted by Crippen LogP contribution is 2.11. The van der Waals surface area contributed by atoms with E-state index in [9.17, 15) is 14.4 Å². The number of hydrogen-bond donors (Lipinski definition) is 2. The molecule has 0 bridgehead atoms. The third kappa shape index (κ3) is 2.69. The van der Waals surface area contributed by atoms with E-state index in [1.165, 1.54) is 7.05 Å². The van der Waals surface area contributed by atoms with Crippen LogP contribution < -0.4 is 16.6 Å². The first-order valence-corrected chi connectivity index (χ1v) is 6.15. The van der Waals surface area contributed by atoms with E-state index in [1.807, 2.05) is 37.3 Å². The summed E-state index contributed by atoms with van der Waals surface area (Å²) < 4.78 is 0.863. The molecule has 2 N–H and O–H groups in total. The molecule has 20 heavy (non-hydrogen) atoms. The van der Waals surface area contributed by atoms with Gasteiger partial charge in [0.15, 0.2) is 0 Å². The van der Waals surface area contributed by atoms with Crippen molar-refractivity contribution < 1.29 is 4.79 Å². The first-order chi connectivity index (χ1) is 9.50. The molecule has 2 rings (SSSR count). The SMILES string of the molecule is C[C@@H](NC(=O)c1c[nH]c(=O)n(C)c1=O)c1ccccc1. The summed E-state index contributed by atoms with van der Waals surface area (Å²) in [6, 6.07) is 9.16. The second-order valence-electron chi connectivity index (χ2n) is 4.48. The van der Waals surface area contributed by atoms with Crippen molar-refractivity contribution in [1.82, 2.24) is 14.9 Å². The summed E-state index contributed by atoms with van der Waals surface area (Å²) >= 11 is 0. The van der Waals surface area contributed by atoms with Crippen LogP contribution in [-0.2, 0) is 7.05 Å². The van der Waals surface area contributed by atoms with Gasteiger partial charge in [-0.25, -0.2) is 4.79 Å². The van der Waals surface area contributed by atoms with E-state index in [2.05, 4.69) is 10.3 Å². The summed E-state index contributed by atoms with van der Waals surface area (Å²) in [6.45, 7) is 1.82. The largest absolute Gasteiger partial charge is 0.345 e. The predicted octanol–water partition coefficient (Wildman–Crippen LogP) is 0.565. The van der Waals surface area contributed by atoms with Crippen molar-refractivity contribution in [3.63, 3.8) is 0 Å². The number of H-pyrrole nitrogens is 1. The van der Waals surface area contributed by atoms with E-state index < -0.39 is 17.2 Å². The Labute approximate surface area is 115 Å². The van der Waals surface area contributed by atoms with Crippen LogP contribution in [0, 0.1) is 0 Å². The van der Waals surface area contributed by atoms with Gasteiger partial charge in [-0.1, -0.05) is 30.3 Å². The fourth-order valence-corrected chi connectivity index (χ4v) is 1.83. The number of carbonyl (C=O) groups excluding carboxylic acids is 1. The van der Waals surface area contributed by atoms with E-state index in [0.29, 0.717) is 0 Å². The van der Waals surface area contributed by atoms with Gasteiger partial charge in [-0.2, -0.15) is 0 Å². The Kier molecular flexibility index (Phi) is 3.84. The van der Waals surface area contributed by atoms with E-state index in [0.717, 1.165) is 16.3 Å². The molecule has 0 unspecified atom stereocenters. The second-order valence-corrected chi connectivity index (χ2v) is 4.48. The third-order valence-electron chi connectivity index (χ3n) is 3.07. The van der Waals surface area contributed by atoms with Gasteiger partial charge in [0.05, 0.1) is 6.04 Å². The summed E-state index contributed by atoms with van der Waals surface area (Å²) in [7, 11) is 1.32. The van der Waals surface area contributed by atoms with Crippen LogP contribution >= 0.6 is 0 Å². The van der Waals surface area contributed by atoms with E-state index in [1.54, 1.807) is 0 Å². The molecule has 0 saturated carbocycles. The zero-order chi connectivity index (χ0) is 14.7. The summed E-state index contributed by atoms with van der Waals surface area (Å²) in [5.74, 6) is -0.516. The minimum absolute atomic E-state index is 0.0881. The lowest BCUT2D eigenvalue weighted by molar-refractivity contribution is 0.0937. The number of aromatic nitrogens is 2. The Morgan fingerprint density at radius 1 is 1.25 bits per heavy atom. The van der Waals surface area contributed by atoms with Crippen LogP contribution in [0.3, 0.4) is 0 Å². The molecule has 1 heterocycles. The van der Waals surface area contributed by atoms with Crippen LogP contribution in [0.25, 0.3) is 0 Å². The zero-order valence-electron chi connectivity index (χ0n) is 11.2. The first-order valence-electron chi connectivity index (χ1n) is 6.15. The Morgan fingerprint density at radius 2 is 1.90 bits per heavy atom. The maximum Gasteiger partial charge on any atom is 0.328 e. The minimum Gasteiger partial charge on any atom is -0.345 e. The number of rotatable bonds is 3. The van der Waals surface area contributed by atoms with Gasteiger partial charge in [0.2, 0.25) is 0 Å². The fourth-order valence-electron chi connectivity index (χ4n) is 1.83. The van der Waals surface area contributed by atoms with Crippen LogP contribution in [0.5, 0.6) is 0 Å². The quantitative estimate of drug-likeness (QED) is 0.857. The fraction of sp³-hybridized carbons (Fsp3) is 0.214. The van der Waals surface area contributed by atoms with E-state index in [-0.39, 0.29) is 11.6 Å². The van der Waals surface area contributed by atoms with Gasteiger partial charge in [-0.15, -0.1) is 0 Å². The Bertz CT molecular complexity index is 731. The normalized spacial score (nSPS) is 11.9. The topological polar surface area (TPSA) is 84.0 Å². The summed E-state index contributed by atoms with van der Waals surface area (Å²) in [5, 5.41) is 2.73. The molecule has 1 atom stereocenters. The monoisotopic (exact) mass is 273 g/mol. The molecule has 0 radical (unpaired) electrons. The second kappa shape index (κ2) is 5.56. The van der Waals surface area contributed by atoms with E-state index >= 15 is 0 Å². The molecule has 1 aromatic carbocycles. The van der Waals surface area contributed by atoms with Gasteiger partial charge in [0, 0.05) is 13.2 Å². The van der Waals surface area contributed by atoms with Gasteiger partial charge in [0.1, 0.15) is 5.56 Å². The Morgan fingerprint density at radius 3 is 2.55 bits per heavy atom. The highest BCUT2D eigenvalue weighted by Gasteiger charge is 2.15. The average Bonchev–Trinajstić information content (AvgIpc) is 2.45. The van der Waals surface area contributed by atoms with Crippen molar-refractivity contribution >= 4 is 5.91 Å². The van der Waals surface area contributed by atoms with Crippen molar-refractivity contribution in [3.05, 3.63) is 68.5 Å². The minimum atomic E-state index is -0.619. The number of aromatic amines is 1. The van der Waals surface area contributed by atoms with Gasteiger partial charge < -0.3 is 10.3 Å². The van der Waals surface area contributed by atoms with Crippen LogP contribution in [0.15, 0.2) is 46.1 Å². The van der Waals surface area contributed by atoms with Crippen molar-refractivity contribution in [3.8, 4) is 0 Å². The van der Waals surface area contributed by atoms with Crippen molar-refractivity contribution in [2.24, 2.45) is 7.05 Å². The number of nitrogens with zero attached hydrogens (tertiary/aromatic N) is 1. The zero-order valence-corrected chi connectivity index (χ0v) is 11.2. The number of hydrogen-bond acceptors (Lipinski definition) is 3. The maximum absolute atomic E-state index is 12.1. The lowest BCUT2D eigenvalue weighted by atomic mass is 10.1. The summed E-state index contributed by atoms with van der Waals surface area (Å²) in [4.78, 5) is 37.5. The Balaban J connectivity index is 2.24. The molecular weight excluding hydrogens is 258 g/mol. The molecule has 6 nitrogen and oxygen atoms in total. The molecule has 2 aromatic rings. The first kappa shape index (κ1) is 13.8. The van der Waals surface area contributed by atoms with Crippen molar-refractivity contribution in [2.45, 2.75) is 13.0 Å². The highest BCUT2D eigenvalue weighted by atomic mass is 16.2. The molecule has 0 aliphatic heterocycles. The van der Waals surface area contributed by atoms with E-state index in [4.69, 9.17) is 0 Å². The predicted molar refractivity (Wildman–Crippen MR) is 74.6 cm³/mol. The van der Waals surface area contributed by atoms with Gasteiger partial charge >= 0.3 is 5.69 Å². The van der Waals surface area contributed by atoms with Gasteiger partial charge in [0.25, 0.3) is 11.5 Å². The summed E-state index contributed by atoms with van der Waals surface area (Å²) in [5.41, 5.74) is -0.328. The molecule has 104 valence electrons. The number of benzene rings is 1. The van der Waals surface area contributed by atoms with Crippen LogP contribution in [0.2, 0.25) is 0 Å². The highest BCUT2D eigenvalue weighted by molar-refractivity contribution is 5.93. The molecule has 0 spiro atoms. The molecule has 0 fully saturated rings. The molecule has 0 aliphatic carbocycles. The van der Waals surface area contributed by atoms with Crippen LogP contribution in [0.1, 0.15) is 28.9 Å². The maximum atomic E-state index is 12.1. The van der Waals surface area contributed by atoms with Crippen LogP contribution in [0.4, 0.5) is 0 Å². The Hall–Kier alpha value is -2.63. The average molecular weight is 273 g/mol. The molecule has 0 saturated heterocycles. The number of carbonyl (C=O) groups is 1. The smallest absolute Gasteiger partial charge is 0.328 e. The molecule has 0 aliphatic rings. The van der Waals surface area contributed by atoms with Crippen LogP contribution in [-0.4, -0.2) is 15.5 Å².